The van der Waals surface area contributed by atoms with Crippen molar-refractivity contribution in [3.8, 4) is 0 Å². The molecule has 148 valence electrons. The summed E-state index contributed by atoms with van der Waals surface area (Å²) in [6, 6.07) is 0. The fourth-order valence-electron chi connectivity index (χ4n) is 6.35. The van der Waals surface area contributed by atoms with Gasteiger partial charge >= 0.3 is 0 Å². The van der Waals surface area contributed by atoms with Crippen molar-refractivity contribution in [1.29, 1.82) is 0 Å². The van der Waals surface area contributed by atoms with Gasteiger partial charge in [-0.3, -0.25) is 0 Å². The summed E-state index contributed by atoms with van der Waals surface area (Å²) in [6.07, 6.45) is 16.9. The van der Waals surface area contributed by atoms with Gasteiger partial charge in [0.05, 0.1) is 5.60 Å². The first-order valence-corrected chi connectivity index (χ1v) is 11.1. The topological polar surface area (TPSA) is 21.3 Å². The number of rotatable bonds is 10. The van der Waals surface area contributed by atoms with E-state index in [-0.39, 0.29) is 5.60 Å². The number of nitrogens with one attached hydrogen (secondary N) is 1. The molecule has 0 aliphatic heterocycles. The second-order valence-electron chi connectivity index (χ2n) is 9.64. The molecule has 0 aromatic rings. The van der Waals surface area contributed by atoms with E-state index in [9.17, 15) is 0 Å². The van der Waals surface area contributed by atoms with Crippen molar-refractivity contribution >= 4 is 0 Å². The van der Waals surface area contributed by atoms with Crippen LogP contribution in [0.4, 0.5) is 0 Å². The molecule has 4 rings (SSSR count). The molecule has 0 atom stereocenters. The smallest absolute Gasteiger partial charge is 0.0735 e. The van der Waals surface area contributed by atoms with Crippen LogP contribution in [0.3, 0.4) is 0 Å². The Kier molecular flexibility index (Phi) is 7.02. The number of ether oxygens (including phenoxy) is 1. The van der Waals surface area contributed by atoms with E-state index in [1.165, 1.54) is 68.9 Å². The average Bonchev–Trinajstić information content (AvgIpc) is 2.59. The van der Waals surface area contributed by atoms with Crippen LogP contribution in [0, 0.1) is 23.7 Å². The SMILES string of the molecule is COC1(CCCNC/C=C(\C)CCC=C(C)C)C2CC3CC(C2)CC1C3. The summed E-state index contributed by atoms with van der Waals surface area (Å²) in [7, 11) is 1.99. The minimum absolute atomic E-state index is 0.213. The van der Waals surface area contributed by atoms with Gasteiger partial charge in [-0.2, -0.15) is 0 Å². The predicted molar refractivity (Wildman–Crippen MR) is 111 cm³/mol. The highest BCUT2D eigenvalue weighted by atomic mass is 16.5. The molecular formula is C24H41NO. The Morgan fingerprint density at radius 3 is 2.23 bits per heavy atom. The van der Waals surface area contributed by atoms with Crippen LogP contribution in [0.25, 0.3) is 0 Å². The predicted octanol–water partition coefficient (Wildman–Crippen LogP) is 5.89. The molecule has 0 radical (unpaired) electrons. The summed E-state index contributed by atoms with van der Waals surface area (Å²) in [6.45, 7) is 8.75. The molecule has 0 aromatic heterocycles. The lowest BCUT2D eigenvalue weighted by Crippen LogP contribution is -2.58. The standard InChI is InChI=1S/C24H41NO/c1-18(2)7-5-8-19(3)9-12-25-11-6-10-24(26-4)22-14-20-13-21(16-22)17-23(24)15-20/h7,9,20-23,25H,5-6,8,10-17H2,1-4H3/b19-9+. The quantitative estimate of drug-likeness (QED) is 0.388. The maximum Gasteiger partial charge on any atom is 0.0735 e. The first-order chi connectivity index (χ1) is 12.5. The molecule has 0 saturated heterocycles. The van der Waals surface area contributed by atoms with Crippen LogP contribution < -0.4 is 5.32 Å². The average molecular weight is 360 g/mol. The lowest BCUT2D eigenvalue weighted by Gasteiger charge is -2.60. The zero-order valence-electron chi connectivity index (χ0n) is 17.7. The zero-order chi connectivity index (χ0) is 18.6. The summed E-state index contributed by atoms with van der Waals surface area (Å²) < 4.78 is 6.28. The number of methoxy groups -OCH3 is 1. The third-order valence-corrected chi connectivity index (χ3v) is 7.51. The third-order valence-electron chi connectivity index (χ3n) is 7.51. The van der Waals surface area contributed by atoms with Crippen molar-refractivity contribution in [2.24, 2.45) is 23.7 Å². The maximum absolute atomic E-state index is 6.28. The molecule has 2 nitrogen and oxygen atoms in total. The summed E-state index contributed by atoms with van der Waals surface area (Å²) in [4.78, 5) is 0. The van der Waals surface area contributed by atoms with Crippen molar-refractivity contribution in [2.75, 3.05) is 20.2 Å². The normalized spacial score (nSPS) is 35.8. The van der Waals surface area contributed by atoms with Crippen molar-refractivity contribution in [3.63, 3.8) is 0 Å². The molecule has 0 aromatic carbocycles. The van der Waals surface area contributed by atoms with Gasteiger partial charge < -0.3 is 10.1 Å². The van der Waals surface area contributed by atoms with Gasteiger partial charge in [-0.1, -0.05) is 23.3 Å². The van der Waals surface area contributed by atoms with Gasteiger partial charge in [0.15, 0.2) is 0 Å². The fourth-order valence-corrected chi connectivity index (χ4v) is 6.35. The van der Waals surface area contributed by atoms with Gasteiger partial charge in [0.2, 0.25) is 0 Å². The molecule has 26 heavy (non-hydrogen) atoms. The molecule has 2 heteroatoms. The minimum Gasteiger partial charge on any atom is -0.378 e. The van der Waals surface area contributed by atoms with E-state index in [4.69, 9.17) is 4.74 Å². The van der Waals surface area contributed by atoms with Crippen LogP contribution in [0.1, 0.15) is 78.6 Å². The molecule has 4 aliphatic carbocycles. The second kappa shape index (κ2) is 9.06. The lowest BCUT2D eigenvalue weighted by molar-refractivity contribution is -0.194. The lowest BCUT2D eigenvalue weighted by atomic mass is 9.49. The Balaban J connectivity index is 1.37. The van der Waals surface area contributed by atoms with Gasteiger partial charge in [0.25, 0.3) is 0 Å². The van der Waals surface area contributed by atoms with Crippen LogP contribution in [-0.4, -0.2) is 25.8 Å². The molecule has 1 N–H and O–H groups in total. The second-order valence-corrected chi connectivity index (χ2v) is 9.64. The van der Waals surface area contributed by atoms with E-state index < -0.39 is 0 Å². The Bertz CT molecular complexity index is 486. The highest BCUT2D eigenvalue weighted by molar-refractivity contribution is 5.08. The minimum atomic E-state index is 0.213. The molecule has 0 heterocycles. The van der Waals surface area contributed by atoms with Crippen molar-refractivity contribution in [2.45, 2.75) is 84.2 Å². The largest absolute Gasteiger partial charge is 0.378 e. The first kappa shape index (κ1) is 20.1. The van der Waals surface area contributed by atoms with Gasteiger partial charge in [0, 0.05) is 13.7 Å². The van der Waals surface area contributed by atoms with Crippen LogP contribution in [0.15, 0.2) is 23.3 Å². The van der Waals surface area contributed by atoms with Gasteiger partial charge in [-0.15, -0.1) is 0 Å². The molecule has 4 aliphatic rings. The fraction of sp³-hybridized carbons (Fsp3) is 0.833. The number of hydrogen-bond acceptors (Lipinski definition) is 2. The highest BCUT2D eigenvalue weighted by Crippen LogP contribution is 2.60. The Hall–Kier alpha value is -0.600. The molecule has 0 unspecified atom stereocenters. The summed E-state index contributed by atoms with van der Waals surface area (Å²) in [5.41, 5.74) is 3.14. The Labute approximate surface area is 161 Å². The monoisotopic (exact) mass is 359 g/mol. The molecule has 4 fully saturated rings. The first-order valence-electron chi connectivity index (χ1n) is 11.1. The van der Waals surface area contributed by atoms with Gasteiger partial charge in [0.1, 0.15) is 0 Å². The molecule has 0 amide bonds. The highest BCUT2D eigenvalue weighted by Gasteiger charge is 2.57. The Morgan fingerprint density at radius 1 is 1.00 bits per heavy atom. The van der Waals surface area contributed by atoms with Crippen LogP contribution in [0.2, 0.25) is 0 Å². The zero-order valence-corrected chi connectivity index (χ0v) is 17.7. The van der Waals surface area contributed by atoms with E-state index in [2.05, 4.69) is 38.2 Å². The summed E-state index contributed by atoms with van der Waals surface area (Å²) in [5, 5.41) is 3.63. The van der Waals surface area contributed by atoms with Gasteiger partial charge in [-0.05, 0) is 109 Å². The van der Waals surface area contributed by atoms with E-state index in [1.54, 1.807) is 0 Å². The van der Waals surface area contributed by atoms with E-state index in [0.717, 1.165) is 36.8 Å². The maximum atomic E-state index is 6.28. The van der Waals surface area contributed by atoms with Crippen molar-refractivity contribution in [1.82, 2.24) is 5.32 Å². The van der Waals surface area contributed by atoms with E-state index in [0.29, 0.717) is 0 Å². The van der Waals surface area contributed by atoms with Crippen LogP contribution >= 0.6 is 0 Å². The summed E-state index contributed by atoms with van der Waals surface area (Å²) >= 11 is 0. The number of hydrogen-bond donors (Lipinski definition) is 1. The van der Waals surface area contributed by atoms with Crippen LogP contribution in [-0.2, 0) is 4.74 Å². The van der Waals surface area contributed by atoms with Crippen molar-refractivity contribution in [3.05, 3.63) is 23.3 Å². The molecule has 4 saturated carbocycles. The third kappa shape index (κ3) is 4.62. The van der Waals surface area contributed by atoms with E-state index >= 15 is 0 Å². The molecule has 0 spiro atoms. The number of allylic oxidation sites excluding steroid dienone is 3. The molecule has 4 bridgehead atoms. The van der Waals surface area contributed by atoms with Gasteiger partial charge in [-0.25, -0.2) is 0 Å². The van der Waals surface area contributed by atoms with E-state index in [1.807, 2.05) is 7.11 Å². The Morgan fingerprint density at radius 2 is 1.65 bits per heavy atom. The summed E-state index contributed by atoms with van der Waals surface area (Å²) in [5.74, 6) is 3.75. The van der Waals surface area contributed by atoms with Crippen molar-refractivity contribution < 1.29 is 4.74 Å². The van der Waals surface area contributed by atoms with Crippen LogP contribution in [0.5, 0.6) is 0 Å². The molecular weight excluding hydrogens is 318 g/mol.